The molecule has 0 aliphatic carbocycles. The highest BCUT2D eigenvalue weighted by molar-refractivity contribution is 5.60. The average Bonchev–Trinajstić information content (AvgIpc) is 2.67. The fourth-order valence-corrected chi connectivity index (χ4v) is 2.93. The number of aromatic nitrogens is 2. The lowest BCUT2D eigenvalue weighted by Gasteiger charge is -2.08. The van der Waals surface area contributed by atoms with Gasteiger partial charge >= 0.3 is 5.95 Å². The van der Waals surface area contributed by atoms with Crippen LogP contribution < -0.4 is 20.3 Å². The minimum Gasteiger partial charge on any atom is -0.550 e. The van der Waals surface area contributed by atoms with Gasteiger partial charge in [0, 0.05) is 18.6 Å². The van der Waals surface area contributed by atoms with E-state index in [2.05, 4.69) is 35.5 Å². The number of rotatable bonds is 15. The number of carboxylic acids is 1. The third kappa shape index (κ3) is 15.7. The molecule has 1 aromatic rings. The molecular weight excluding hydrogens is 368 g/mol. The summed E-state index contributed by atoms with van der Waals surface area (Å²) in [6.07, 6.45) is 13.6. The third-order valence-corrected chi connectivity index (χ3v) is 4.65. The number of nitrogens with zero attached hydrogens (tertiary/aromatic N) is 2. The Morgan fingerprint density at radius 2 is 1.55 bits per heavy atom. The lowest BCUT2D eigenvalue weighted by molar-refractivity contribution is -0.665. The summed E-state index contributed by atoms with van der Waals surface area (Å²) in [5, 5.41) is 24.4. The Morgan fingerprint density at radius 3 is 2.07 bits per heavy atom. The van der Waals surface area contributed by atoms with Crippen LogP contribution in [0.3, 0.4) is 0 Å². The third-order valence-electron chi connectivity index (χ3n) is 4.65. The van der Waals surface area contributed by atoms with E-state index in [1.54, 1.807) is 0 Å². The smallest absolute Gasteiger partial charge is 0.393 e. The van der Waals surface area contributed by atoms with Gasteiger partial charge in [0.05, 0.1) is 25.9 Å². The second-order valence-corrected chi connectivity index (χ2v) is 7.42. The molecular formula is C22H42N4O3. The van der Waals surface area contributed by atoms with Crippen LogP contribution in [0, 0.1) is 6.92 Å². The number of carboxylic acid groups (broad SMARTS) is 1. The number of anilines is 2. The molecule has 0 spiro atoms. The summed E-state index contributed by atoms with van der Waals surface area (Å²) >= 11 is 0. The van der Waals surface area contributed by atoms with E-state index in [0.717, 1.165) is 30.9 Å². The first-order chi connectivity index (χ1) is 13.9. The maximum absolute atomic E-state index is 8.96. The number of aliphatic hydroxyl groups excluding tert-OH is 1. The Hall–Kier alpha value is -1.89. The maximum Gasteiger partial charge on any atom is 0.393 e. The predicted octanol–water partition coefficient (Wildman–Crippen LogP) is 2.71. The molecule has 168 valence electrons. The number of aliphatic hydroxyl groups is 1. The molecule has 0 saturated heterocycles. The molecule has 0 unspecified atom stereocenters. The van der Waals surface area contributed by atoms with Gasteiger partial charge in [0.25, 0.3) is 0 Å². The van der Waals surface area contributed by atoms with Gasteiger partial charge in [0.15, 0.2) is 0 Å². The van der Waals surface area contributed by atoms with E-state index in [-0.39, 0.29) is 6.61 Å². The Morgan fingerprint density at radius 1 is 1.03 bits per heavy atom. The topological polar surface area (TPSA) is 101 Å². The molecule has 7 nitrogen and oxygen atoms in total. The van der Waals surface area contributed by atoms with Crippen molar-refractivity contribution in [1.29, 1.82) is 0 Å². The van der Waals surface area contributed by atoms with E-state index in [9.17, 15) is 0 Å². The number of aryl methyl sites for hydroxylation is 1. The highest BCUT2D eigenvalue weighted by Crippen LogP contribution is 2.11. The van der Waals surface area contributed by atoms with Gasteiger partial charge in [-0.25, -0.2) is 4.57 Å². The average molecular weight is 411 g/mol. The first kappa shape index (κ1) is 27.1. The second-order valence-electron chi connectivity index (χ2n) is 7.42. The SMILES string of the molecule is CC(=O)[O-].CCCCCCCCCCCCNc1cc(C)[n+](C)c(NCCO)n1. The summed E-state index contributed by atoms with van der Waals surface area (Å²) in [5.74, 6) is 0.617. The van der Waals surface area contributed by atoms with Gasteiger partial charge in [-0.15, -0.1) is 0 Å². The van der Waals surface area contributed by atoms with Gasteiger partial charge in [-0.2, -0.15) is 0 Å². The summed E-state index contributed by atoms with van der Waals surface area (Å²) in [6, 6.07) is 2.07. The Bertz CT molecular complexity index is 549. The van der Waals surface area contributed by atoms with Crippen LogP contribution in [-0.4, -0.2) is 35.8 Å². The van der Waals surface area contributed by atoms with Crippen LogP contribution >= 0.6 is 0 Å². The number of aliphatic carboxylic acids is 1. The standard InChI is InChI=1S/C20H38N4O.C2H4O2/c1-4-5-6-7-8-9-10-11-12-13-14-21-19-17-18(2)24(3)20(23-19)22-15-16-25;1-2(3)4/h17,25H,4-16H2,1-3H3,(H,21,22,23);1H3,(H,3,4). The van der Waals surface area contributed by atoms with Crippen molar-refractivity contribution in [2.45, 2.75) is 85.0 Å². The molecule has 1 rings (SSSR count). The first-order valence-electron chi connectivity index (χ1n) is 11.1. The van der Waals surface area contributed by atoms with Crippen molar-refractivity contribution >= 4 is 17.7 Å². The van der Waals surface area contributed by atoms with Crippen LogP contribution in [0.5, 0.6) is 0 Å². The van der Waals surface area contributed by atoms with Crippen LogP contribution in [0.2, 0.25) is 0 Å². The molecule has 0 bridgehead atoms. The number of carbonyl (C=O) groups excluding carboxylic acids is 1. The summed E-state index contributed by atoms with van der Waals surface area (Å²) in [5.41, 5.74) is 1.14. The van der Waals surface area contributed by atoms with Crippen LogP contribution in [0.1, 0.15) is 83.7 Å². The van der Waals surface area contributed by atoms with E-state index in [0.29, 0.717) is 6.54 Å². The Labute approximate surface area is 177 Å². The molecule has 0 saturated carbocycles. The number of carbonyl (C=O) groups is 1. The molecule has 29 heavy (non-hydrogen) atoms. The van der Waals surface area contributed by atoms with Gasteiger partial charge in [-0.1, -0.05) is 69.7 Å². The first-order valence-corrected chi connectivity index (χ1v) is 11.1. The molecule has 3 N–H and O–H groups in total. The lowest BCUT2D eigenvalue weighted by Crippen LogP contribution is -2.38. The number of hydrogen-bond donors (Lipinski definition) is 3. The quantitative estimate of drug-likeness (QED) is 0.304. The second kappa shape index (κ2) is 18.2. The summed E-state index contributed by atoms with van der Waals surface area (Å²) < 4.78 is 2.00. The summed E-state index contributed by atoms with van der Waals surface area (Å²) in [4.78, 5) is 13.5. The van der Waals surface area contributed by atoms with Crippen LogP contribution in [0.25, 0.3) is 0 Å². The van der Waals surface area contributed by atoms with Crippen molar-refractivity contribution in [2.24, 2.45) is 7.05 Å². The van der Waals surface area contributed by atoms with Gasteiger partial charge < -0.3 is 20.3 Å². The van der Waals surface area contributed by atoms with Gasteiger partial charge in [-0.3, -0.25) is 5.32 Å². The predicted molar refractivity (Wildman–Crippen MR) is 117 cm³/mol. The van der Waals surface area contributed by atoms with Gasteiger partial charge in [0.1, 0.15) is 0 Å². The molecule has 0 aliphatic rings. The normalized spacial score (nSPS) is 10.2. The van der Waals surface area contributed by atoms with E-state index in [4.69, 9.17) is 15.0 Å². The summed E-state index contributed by atoms with van der Waals surface area (Å²) in [7, 11) is 1.98. The number of nitrogens with one attached hydrogen (secondary N) is 2. The Balaban J connectivity index is 0.00000178. The number of unbranched alkanes of at least 4 members (excludes halogenated alkanes) is 9. The minimum atomic E-state index is -1.08. The molecule has 1 aromatic heterocycles. The lowest BCUT2D eigenvalue weighted by atomic mass is 10.1. The zero-order valence-electron chi connectivity index (χ0n) is 18.9. The van der Waals surface area contributed by atoms with Crippen molar-refractivity contribution in [3.8, 4) is 0 Å². The van der Waals surface area contributed by atoms with Crippen LogP contribution in [0.4, 0.5) is 11.8 Å². The van der Waals surface area contributed by atoms with Crippen molar-refractivity contribution in [1.82, 2.24) is 4.98 Å². The van der Waals surface area contributed by atoms with E-state index < -0.39 is 5.97 Å². The van der Waals surface area contributed by atoms with Crippen molar-refractivity contribution in [3.63, 3.8) is 0 Å². The zero-order chi connectivity index (χ0) is 21.9. The van der Waals surface area contributed by atoms with E-state index in [1.807, 2.05) is 11.6 Å². The molecule has 1 heterocycles. The van der Waals surface area contributed by atoms with Crippen molar-refractivity contribution in [2.75, 3.05) is 30.3 Å². The van der Waals surface area contributed by atoms with Crippen molar-refractivity contribution in [3.05, 3.63) is 11.8 Å². The largest absolute Gasteiger partial charge is 0.550 e. The van der Waals surface area contributed by atoms with Gasteiger partial charge in [0.2, 0.25) is 5.82 Å². The molecule has 0 aromatic carbocycles. The van der Waals surface area contributed by atoms with Crippen LogP contribution in [-0.2, 0) is 11.8 Å². The Kier molecular flexibility index (Phi) is 17.0. The maximum atomic E-state index is 8.96. The van der Waals surface area contributed by atoms with Crippen LogP contribution in [0.15, 0.2) is 6.07 Å². The monoisotopic (exact) mass is 410 g/mol. The molecule has 0 fully saturated rings. The molecule has 0 atom stereocenters. The molecule has 0 radical (unpaired) electrons. The van der Waals surface area contributed by atoms with E-state index >= 15 is 0 Å². The molecule has 0 aliphatic heterocycles. The molecule has 0 amide bonds. The highest BCUT2D eigenvalue weighted by Gasteiger charge is 2.13. The van der Waals surface area contributed by atoms with Crippen molar-refractivity contribution < 1.29 is 19.6 Å². The fraction of sp³-hybridized carbons (Fsp3) is 0.773. The fourth-order valence-electron chi connectivity index (χ4n) is 2.93. The molecule has 7 heteroatoms. The highest BCUT2D eigenvalue weighted by atomic mass is 16.4. The number of hydrogen-bond acceptors (Lipinski definition) is 6. The van der Waals surface area contributed by atoms with E-state index in [1.165, 1.54) is 64.2 Å². The minimum absolute atomic E-state index is 0.108. The van der Waals surface area contributed by atoms with Gasteiger partial charge in [-0.05, 0) is 20.3 Å². The zero-order valence-corrected chi connectivity index (χ0v) is 18.9. The summed E-state index contributed by atoms with van der Waals surface area (Å²) in [6.45, 7) is 6.90.